The predicted octanol–water partition coefficient (Wildman–Crippen LogP) is 0.510. The first-order chi connectivity index (χ1) is 10.8. The van der Waals surface area contributed by atoms with Crippen molar-refractivity contribution >= 4 is 27.6 Å². The van der Waals surface area contributed by atoms with Crippen molar-refractivity contribution < 1.29 is 8.42 Å². The van der Waals surface area contributed by atoms with Crippen molar-refractivity contribution in [1.82, 2.24) is 15.1 Å². The second kappa shape index (κ2) is 8.07. The van der Waals surface area contributed by atoms with E-state index in [1.165, 1.54) is 0 Å². The predicted molar refractivity (Wildman–Crippen MR) is 99.2 cm³/mol. The summed E-state index contributed by atoms with van der Waals surface area (Å²) in [4.78, 5) is 9.31. The van der Waals surface area contributed by atoms with E-state index in [9.17, 15) is 8.42 Å². The zero-order chi connectivity index (χ0) is 16.9. The molecule has 6 nitrogen and oxygen atoms in total. The molecule has 134 valence electrons. The Hall–Kier alpha value is -0.470. The van der Waals surface area contributed by atoms with Gasteiger partial charge in [-0.15, -0.1) is 0 Å². The Morgan fingerprint density at radius 1 is 1.26 bits per heavy atom. The van der Waals surface area contributed by atoms with E-state index in [0.29, 0.717) is 19.6 Å². The van der Waals surface area contributed by atoms with E-state index < -0.39 is 9.84 Å². The minimum absolute atomic E-state index is 0.260. The number of rotatable bonds is 4. The summed E-state index contributed by atoms with van der Waals surface area (Å²) >= 11 is 2.02. The van der Waals surface area contributed by atoms with E-state index in [4.69, 9.17) is 4.99 Å². The number of nitrogens with one attached hydrogen (secondary N) is 1. The molecule has 0 amide bonds. The van der Waals surface area contributed by atoms with Crippen LogP contribution < -0.4 is 5.32 Å². The molecule has 0 bridgehead atoms. The van der Waals surface area contributed by atoms with Crippen molar-refractivity contribution in [3.63, 3.8) is 0 Å². The van der Waals surface area contributed by atoms with E-state index in [0.717, 1.165) is 37.9 Å². The largest absolute Gasteiger partial charge is 0.357 e. The van der Waals surface area contributed by atoms with Gasteiger partial charge in [0.1, 0.15) is 0 Å². The van der Waals surface area contributed by atoms with Gasteiger partial charge in [-0.2, -0.15) is 11.8 Å². The van der Waals surface area contributed by atoms with Gasteiger partial charge in [-0.1, -0.05) is 0 Å². The molecule has 0 aromatic heterocycles. The van der Waals surface area contributed by atoms with Gasteiger partial charge < -0.3 is 10.2 Å². The monoisotopic (exact) mass is 362 g/mol. The van der Waals surface area contributed by atoms with Crippen LogP contribution in [0, 0.1) is 0 Å². The number of aliphatic imine (C=N–C) groups is 1. The van der Waals surface area contributed by atoms with Gasteiger partial charge in [0.25, 0.3) is 0 Å². The lowest BCUT2D eigenvalue weighted by atomic mass is 10.2. The molecule has 2 aliphatic heterocycles. The van der Waals surface area contributed by atoms with Crippen LogP contribution in [0.2, 0.25) is 0 Å². The zero-order valence-corrected chi connectivity index (χ0v) is 16.2. The van der Waals surface area contributed by atoms with E-state index in [1.54, 1.807) is 0 Å². The fourth-order valence-corrected chi connectivity index (χ4v) is 5.28. The summed E-state index contributed by atoms with van der Waals surface area (Å²) in [7, 11) is -2.80. The number of thioether (sulfide) groups is 1. The van der Waals surface area contributed by atoms with E-state index >= 15 is 0 Å². The molecule has 2 fully saturated rings. The van der Waals surface area contributed by atoms with Crippen LogP contribution in [0.4, 0.5) is 0 Å². The highest BCUT2D eigenvalue weighted by molar-refractivity contribution is 8.00. The third kappa shape index (κ3) is 6.15. The second-order valence-electron chi connectivity index (χ2n) is 6.76. The molecule has 2 aliphatic rings. The maximum Gasteiger partial charge on any atom is 0.194 e. The van der Waals surface area contributed by atoms with Gasteiger partial charge in [0, 0.05) is 49.8 Å². The minimum Gasteiger partial charge on any atom is -0.357 e. The average Bonchev–Trinajstić information content (AvgIpc) is 2.47. The summed E-state index contributed by atoms with van der Waals surface area (Å²) in [6, 6.07) is 0. The summed E-state index contributed by atoms with van der Waals surface area (Å²) < 4.78 is 23.2. The smallest absolute Gasteiger partial charge is 0.194 e. The Bertz CT molecular complexity index is 506. The summed E-state index contributed by atoms with van der Waals surface area (Å²) in [6.07, 6.45) is 0. The fraction of sp³-hybridized carbons (Fsp3) is 0.933. The second-order valence-corrected chi connectivity index (χ2v) is 10.9. The van der Waals surface area contributed by atoms with Gasteiger partial charge in [-0.3, -0.25) is 9.89 Å². The van der Waals surface area contributed by atoms with Crippen LogP contribution in [0.25, 0.3) is 0 Å². The Morgan fingerprint density at radius 2 is 1.96 bits per heavy atom. The molecule has 0 spiro atoms. The van der Waals surface area contributed by atoms with Gasteiger partial charge in [0.05, 0.1) is 18.1 Å². The number of hydrogen-bond acceptors (Lipinski definition) is 5. The maximum absolute atomic E-state index is 11.5. The van der Waals surface area contributed by atoms with Crippen molar-refractivity contribution in [2.45, 2.75) is 25.5 Å². The van der Waals surface area contributed by atoms with E-state index in [1.807, 2.05) is 11.8 Å². The van der Waals surface area contributed by atoms with Crippen LogP contribution >= 0.6 is 11.8 Å². The van der Waals surface area contributed by atoms with Crippen LogP contribution in [0.5, 0.6) is 0 Å². The Kier molecular flexibility index (Phi) is 6.62. The van der Waals surface area contributed by atoms with Gasteiger partial charge in [0.15, 0.2) is 15.8 Å². The Morgan fingerprint density at radius 3 is 2.57 bits per heavy atom. The highest BCUT2D eigenvalue weighted by Crippen LogP contribution is 2.29. The van der Waals surface area contributed by atoms with E-state index in [-0.39, 0.29) is 16.3 Å². The molecule has 0 aromatic carbocycles. The standard InChI is InChI=1S/C15H30N4O2S2/c1-4-16-14(19-7-10-22-15(2,3)13-19)17-5-6-18-8-11-23(20,21)12-9-18/h4-13H2,1-3H3,(H,16,17). The molecule has 23 heavy (non-hydrogen) atoms. The number of guanidine groups is 1. The van der Waals surface area contributed by atoms with Gasteiger partial charge in [-0.25, -0.2) is 8.42 Å². The molecule has 0 saturated carbocycles. The number of sulfone groups is 1. The first-order valence-electron chi connectivity index (χ1n) is 8.41. The molecular formula is C15H30N4O2S2. The lowest BCUT2D eigenvalue weighted by Crippen LogP contribution is -2.51. The van der Waals surface area contributed by atoms with Crippen molar-refractivity contribution in [1.29, 1.82) is 0 Å². The molecule has 1 N–H and O–H groups in total. The van der Waals surface area contributed by atoms with Gasteiger partial charge >= 0.3 is 0 Å². The summed E-state index contributed by atoms with van der Waals surface area (Å²) in [5.74, 6) is 2.69. The Balaban J connectivity index is 1.86. The molecule has 0 atom stereocenters. The average molecular weight is 363 g/mol. The molecule has 2 rings (SSSR count). The van der Waals surface area contributed by atoms with Crippen LogP contribution in [0.3, 0.4) is 0 Å². The molecule has 2 heterocycles. The lowest BCUT2D eigenvalue weighted by Gasteiger charge is -2.39. The Labute approximate surface area is 145 Å². The molecule has 0 radical (unpaired) electrons. The van der Waals surface area contributed by atoms with Crippen molar-refractivity contribution in [2.75, 3.05) is 63.1 Å². The van der Waals surface area contributed by atoms with Crippen molar-refractivity contribution in [3.05, 3.63) is 0 Å². The van der Waals surface area contributed by atoms with Gasteiger partial charge in [0.2, 0.25) is 0 Å². The van der Waals surface area contributed by atoms with Crippen LogP contribution in [0.1, 0.15) is 20.8 Å². The van der Waals surface area contributed by atoms with Gasteiger partial charge in [-0.05, 0) is 20.8 Å². The molecule has 2 saturated heterocycles. The molecular weight excluding hydrogens is 332 g/mol. The minimum atomic E-state index is -2.80. The molecule has 0 aliphatic carbocycles. The topological polar surface area (TPSA) is 65.0 Å². The summed E-state index contributed by atoms with van der Waals surface area (Å²) in [5.41, 5.74) is 0. The molecule has 0 aromatic rings. The highest BCUT2D eigenvalue weighted by Gasteiger charge is 2.28. The zero-order valence-electron chi connectivity index (χ0n) is 14.5. The molecule has 8 heteroatoms. The third-order valence-corrected chi connectivity index (χ3v) is 7.08. The quantitative estimate of drug-likeness (QED) is 0.581. The maximum atomic E-state index is 11.5. The first kappa shape index (κ1) is 18.9. The number of hydrogen-bond donors (Lipinski definition) is 1. The van der Waals surface area contributed by atoms with Crippen molar-refractivity contribution in [3.8, 4) is 0 Å². The highest BCUT2D eigenvalue weighted by atomic mass is 32.2. The van der Waals surface area contributed by atoms with Crippen molar-refractivity contribution in [2.24, 2.45) is 4.99 Å². The normalized spacial score (nSPS) is 25.3. The van der Waals surface area contributed by atoms with Crippen LogP contribution in [-0.2, 0) is 9.84 Å². The van der Waals surface area contributed by atoms with Crippen LogP contribution in [0.15, 0.2) is 4.99 Å². The fourth-order valence-electron chi connectivity index (χ4n) is 2.89. The first-order valence-corrected chi connectivity index (χ1v) is 11.2. The summed E-state index contributed by atoms with van der Waals surface area (Å²) in [5, 5.41) is 3.39. The number of nitrogens with zero attached hydrogens (tertiary/aromatic N) is 3. The van der Waals surface area contributed by atoms with Crippen LogP contribution in [-0.4, -0.2) is 92.0 Å². The third-order valence-electron chi connectivity index (χ3n) is 4.17. The lowest BCUT2D eigenvalue weighted by molar-refractivity contribution is 0.302. The summed E-state index contributed by atoms with van der Waals surface area (Å²) in [6.45, 7) is 12.4. The molecule has 0 unspecified atom stereocenters. The van der Waals surface area contributed by atoms with E-state index in [2.05, 4.69) is 35.9 Å². The SMILES string of the molecule is CCNC(=NCCN1CCS(=O)(=O)CC1)N1CCSC(C)(C)C1.